The van der Waals surface area contributed by atoms with E-state index in [-0.39, 0.29) is 18.6 Å². The first kappa shape index (κ1) is 21.5. The summed E-state index contributed by atoms with van der Waals surface area (Å²) in [5, 5.41) is 10.0. The summed E-state index contributed by atoms with van der Waals surface area (Å²) in [4.78, 5) is 34.7. The van der Waals surface area contributed by atoms with Gasteiger partial charge >= 0.3 is 0 Å². The second-order valence-electron chi connectivity index (χ2n) is 7.85. The fourth-order valence-corrected chi connectivity index (χ4v) is 4.05. The zero-order chi connectivity index (χ0) is 22.7. The van der Waals surface area contributed by atoms with Gasteiger partial charge in [-0.05, 0) is 29.3 Å². The first-order valence-electron chi connectivity index (χ1n) is 10.2. The fraction of sp³-hybridized carbons (Fsp3) is 0.292. The Morgan fingerprint density at radius 2 is 1.94 bits per heavy atom. The third-order valence-corrected chi connectivity index (χ3v) is 5.63. The highest BCUT2D eigenvalue weighted by atomic mass is 19.3. The van der Waals surface area contributed by atoms with Crippen LogP contribution in [0.4, 0.5) is 8.78 Å². The maximum Gasteiger partial charge on any atom is 0.268 e. The van der Waals surface area contributed by atoms with Crippen molar-refractivity contribution >= 4 is 22.6 Å². The lowest BCUT2D eigenvalue weighted by Gasteiger charge is -2.19. The summed E-state index contributed by atoms with van der Waals surface area (Å²) in [6.45, 7) is -0.784. The van der Waals surface area contributed by atoms with Gasteiger partial charge in [-0.25, -0.2) is 8.78 Å². The molecule has 1 amide bonds. The number of amides is 1. The molecule has 3 heterocycles. The van der Waals surface area contributed by atoms with Gasteiger partial charge in [0.2, 0.25) is 5.91 Å². The maximum absolute atomic E-state index is 13.6. The van der Waals surface area contributed by atoms with E-state index >= 15 is 0 Å². The number of ketones is 1. The molecule has 1 aliphatic rings. The number of halogens is 2. The minimum atomic E-state index is -3.08. The summed E-state index contributed by atoms with van der Waals surface area (Å²) in [7, 11) is 0. The van der Waals surface area contributed by atoms with Crippen LogP contribution in [0.3, 0.4) is 0 Å². The lowest BCUT2D eigenvalue weighted by Crippen LogP contribution is -2.36. The molecule has 0 bridgehead atoms. The molecule has 2 aromatic heterocycles. The van der Waals surface area contributed by atoms with Crippen molar-refractivity contribution in [3.8, 4) is 6.07 Å². The van der Waals surface area contributed by atoms with Gasteiger partial charge in [0.1, 0.15) is 6.04 Å². The van der Waals surface area contributed by atoms with E-state index in [1.54, 1.807) is 24.5 Å². The molecule has 8 heteroatoms. The molecule has 4 rings (SSSR count). The molecule has 1 fully saturated rings. The van der Waals surface area contributed by atoms with Crippen LogP contribution in [0.15, 0.2) is 55.0 Å². The second kappa shape index (κ2) is 8.79. The van der Waals surface area contributed by atoms with Gasteiger partial charge in [-0.1, -0.05) is 18.2 Å². The van der Waals surface area contributed by atoms with E-state index in [0.29, 0.717) is 17.5 Å². The van der Waals surface area contributed by atoms with Crippen molar-refractivity contribution in [3.63, 3.8) is 0 Å². The van der Waals surface area contributed by atoms with Crippen LogP contribution < -0.4 is 0 Å². The number of likely N-dealkylation sites (tertiary alicyclic amines) is 1. The molecule has 1 saturated heterocycles. The third kappa shape index (κ3) is 4.47. The normalized spacial score (nSPS) is 17.3. The van der Waals surface area contributed by atoms with E-state index in [4.69, 9.17) is 5.26 Å². The van der Waals surface area contributed by atoms with Crippen molar-refractivity contribution in [1.82, 2.24) is 14.9 Å². The van der Waals surface area contributed by atoms with E-state index < -0.39 is 30.8 Å². The number of fused-ring (bicyclic) bond motifs is 1. The molecule has 0 N–H and O–H groups in total. The summed E-state index contributed by atoms with van der Waals surface area (Å²) in [6, 6.07) is 11.8. The smallest absolute Gasteiger partial charge is 0.268 e. The van der Waals surface area contributed by atoms with Crippen molar-refractivity contribution in [1.29, 1.82) is 5.26 Å². The Morgan fingerprint density at radius 3 is 2.75 bits per heavy atom. The molecule has 0 saturated carbocycles. The number of pyridine rings is 2. The standard InChI is InChI=1S/C24H20F2N4O2/c25-24(26)12-18(13-27)30(15-24)23(32)6-5-22(31)20-8-9-28-14-17(20)11-16-7-10-29-21-4-2-1-3-19(16)21/h1-4,7-10,14,18H,5-6,11-12,15H2/t18-/m0/s1. The second-order valence-corrected chi connectivity index (χ2v) is 7.85. The van der Waals surface area contributed by atoms with Gasteiger partial charge in [0, 0.05) is 55.2 Å². The summed E-state index contributed by atoms with van der Waals surface area (Å²) in [5.41, 5.74) is 2.99. The van der Waals surface area contributed by atoms with Crippen molar-refractivity contribution in [3.05, 3.63) is 71.7 Å². The van der Waals surface area contributed by atoms with E-state index in [1.807, 2.05) is 30.3 Å². The topological polar surface area (TPSA) is 87.0 Å². The number of hydrogen-bond acceptors (Lipinski definition) is 5. The molecular formula is C24H20F2N4O2. The van der Waals surface area contributed by atoms with Crippen LogP contribution in [0.1, 0.15) is 40.7 Å². The average molecular weight is 434 g/mol. The largest absolute Gasteiger partial charge is 0.320 e. The Balaban J connectivity index is 1.48. The highest BCUT2D eigenvalue weighted by Gasteiger charge is 2.47. The number of rotatable bonds is 6. The average Bonchev–Trinajstić information content (AvgIpc) is 3.12. The molecule has 1 aromatic carbocycles. The Kier molecular flexibility index (Phi) is 5.91. The molecule has 0 spiro atoms. The van der Waals surface area contributed by atoms with Gasteiger partial charge in [-0.15, -0.1) is 0 Å². The van der Waals surface area contributed by atoms with Crippen LogP contribution in [0.5, 0.6) is 0 Å². The lowest BCUT2D eigenvalue weighted by atomic mass is 9.96. The first-order valence-corrected chi connectivity index (χ1v) is 10.2. The highest BCUT2D eigenvalue weighted by molar-refractivity contribution is 5.99. The fourth-order valence-electron chi connectivity index (χ4n) is 4.05. The number of Topliss-reactive ketones (excluding diaryl/α,β-unsaturated/α-hetero) is 1. The predicted octanol–water partition coefficient (Wildman–Crippen LogP) is 3.94. The van der Waals surface area contributed by atoms with E-state index in [1.165, 1.54) is 6.20 Å². The van der Waals surface area contributed by atoms with Crippen molar-refractivity contribution in [2.75, 3.05) is 6.54 Å². The maximum atomic E-state index is 13.6. The number of hydrogen-bond donors (Lipinski definition) is 0. The molecule has 32 heavy (non-hydrogen) atoms. The number of nitriles is 1. The monoisotopic (exact) mass is 434 g/mol. The molecule has 1 atom stereocenters. The van der Waals surface area contributed by atoms with Gasteiger partial charge in [0.15, 0.2) is 5.78 Å². The number of alkyl halides is 2. The summed E-state index contributed by atoms with van der Waals surface area (Å²) in [6.07, 6.45) is 4.27. The third-order valence-electron chi connectivity index (χ3n) is 5.63. The zero-order valence-corrected chi connectivity index (χ0v) is 17.2. The Bertz CT molecular complexity index is 1220. The number of aromatic nitrogens is 2. The molecular weight excluding hydrogens is 414 g/mol. The quantitative estimate of drug-likeness (QED) is 0.549. The molecule has 3 aromatic rings. The molecule has 0 aliphatic carbocycles. The summed E-state index contributed by atoms with van der Waals surface area (Å²) >= 11 is 0. The SMILES string of the molecule is N#C[C@@H]1CC(F)(F)CN1C(=O)CCC(=O)c1ccncc1Cc1ccnc2ccccc12. The zero-order valence-electron chi connectivity index (χ0n) is 17.2. The highest BCUT2D eigenvalue weighted by Crippen LogP contribution is 2.32. The Hall–Kier alpha value is -3.73. The molecule has 6 nitrogen and oxygen atoms in total. The van der Waals surface area contributed by atoms with E-state index in [9.17, 15) is 18.4 Å². The van der Waals surface area contributed by atoms with Gasteiger partial charge in [-0.2, -0.15) is 5.26 Å². The molecule has 0 radical (unpaired) electrons. The molecule has 162 valence electrons. The van der Waals surface area contributed by atoms with Gasteiger partial charge in [0.05, 0.1) is 18.1 Å². The van der Waals surface area contributed by atoms with Crippen molar-refractivity contribution < 1.29 is 18.4 Å². The van der Waals surface area contributed by atoms with Crippen LogP contribution in [-0.2, 0) is 11.2 Å². The van der Waals surface area contributed by atoms with E-state index in [2.05, 4.69) is 9.97 Å². The summed E-state index contributed by atoms with van der Waals surface area (Å²) < 4.78 is 27.2. The summed E-state index contributed by atoms with van der Waals surface area (Å²) in [5.74, 6) is -3.96. The minimum absolute atomic E-state index is 0.132. The van der Waals surface area contributed by atoms with Gasteiger partial charge < -0.3 is 4.90 Å². The minimum Gasteiger partial charge on any atom is -0.320 e. The van der Waals surface area contributed by atoms with Crippen LogP contribution in [0, 0.1) is 11.3 Å². The van der Waals surface area contributed by atoms with Crippen LogP contribution in [0.25, 0.3) is 10.9 Å². The van der Waals surface area contributed by atoms with Crippen LogP contribution >= 0.6 is 0 Å². The van der Waals surface area contributed by atoms with Gasteiger partial charge in [0.25, 0.3) is 5.92 Å². The Morgan fingerprint density at radius 1 is 1.12 bits per heavy atom. The number of carbonyl (C=O) groups is 2. The predicted molar refractivity (Wildman–Crippen MR) is 113 cm³/mol. The number of carbonyl (C=O) groups excluding carboxylic acids is 2. The first-order chi connectivity index (χ1) is 15.4. The number of para-hydroxylation sites is 1. The number of nitrogens with zero attached hydrogens (tertiary/aromatic N) is 4. The van der Waals surface area contributed by atoms with Crippen molar-refractivity contribution in [2.24, 2.45) is 0 Å². The van der Waals surface area contributed by atoms with Crippen LogP contribution in [-0.4, -0.2) is 45.1 Å². The molecule has 0 unspecified atom stereocenters. The lowest BCUT2D eigenvalue weighted by molar-refractivity contribution is -0.132. The van der Waals surface area contributed by atoms with Crippen molar-refractivity contribution in [2.45, 2.75) is 37.6 Å². The van der Waals surface area contributed by atoms with Crippen LogP contribution in [0.2, 0.25) is 0 Å². The van der Waals surface area contributed by atoms with Gasteiger partial charge in [-0.3, -0.25) is 19.6 Å². The van der Waals surface area contributed by atoms with E-state index in [0.717, 1.165) is 21.4 Å². The molecule has 1 aliphatic heterocycles. The number of benzene rings is 1. The Labute approximate surface area is 183 Å².